The molecule has 8 nitrogen and oxygen atoms in total. The zero-order valence-corrected chi connectivity index (χ0v) is 14.3. The molecule has 1 aliphatic rings. The molecule has 0 saturated heterocycles. The molecule has 0 spiro atoms. The van der Waals surface area contributed by atoms with Gasteiger partial charge in [0.2, 0.25) is 11.8 Å². The molecule has 24 heavy (non-hydrogen) atoms. The van der Waals surface area contributed by atoms with E-state index >= 15 is 0 Å². The summed E-state index contributed by atoms with van der Waals surface area (Å²) in [6.45, 7) is 1.91. The minimum atomic E-state index is -0.639. The van der Waals surface area contributed by atoms with E-state index in [1.54, 1.807) is 5.43 Å². The summed E-state index contributed by atoms with van der Waals surface area (Å²) in [6.07, 6.45) is 6.81. The highest BCUT2D eigenvalue weighted by atomic mass is 16.3. The van der Waals surface area contributed by atoms with E-state index < -0.39 is 17.7 Å². The maximum Gasteiger partial charge on any atom is 0.243 e. The predicted octanol–water partition coefficient (Wildman–Crippen LogP) is 1.83. The lowest BCUT2D eigenvalue weighted by molar-refractivity contribution is -0.142. The van der Waals surface area contributed by atoms with Crippen molar-refractivity contribution in [1.29, 1.82) is 0 Å². The molecule has 3 N–H and O–H groups in total. The first-order chi connectivity index (χ1) is 11.5. The second-order valence-corrected chi connectivity index (χ2v) is 6.44. The van der Waals surface area contributed by atoms with Crippen LogP contribution in [0.15, 0.2) is 5.29 Å². The van der Waals surface area contributed by atoms with Crippen LogP contribution in [0.1, 0.15) is 64.7 Å². The van der Waals surface area contributed by atoms with Crippen molar-refractivity contribution in [2.75, 3.05) is 6.54 Å². The molecular weight excluding hydrogens is 312 g/mol. The van der Waals surface area contributed by atoms with Gasteiger partial charge in [0.25, 0.3) is 0 Å². The van der Waals surface area contributed by atoms with Crippen LogP contribution in [-0.2, 0) is 14.4 Å². The zero-order valence-electron chi connectivity index (χ0n) is 14.3. The Morgan fingerprint density at radius 2 is 1.92 bits per heavy atom. The predicted molar refractivity (Wildman–Crippen MR) is 89.1 cm³/mol. The number of ketones is 1. The van der Waals surface area contributed by atoms with Gasteiger partial charge in [-0.1, -0.05) is 39.0 Å². The molecule has 1 rings (SSSR count). The Morgan fingerprint density at radius 1 is 1.25 bits per heavy atom. The number of hydrogen-bond acceptors (Lipinski definition) is 6. The third kappa shape index (κ3) is 6.74. The molecule has 0 radical (unpaired) electrons. The number of hydrogen-bond donors (Lipinski definition) is 2. The van der Waals surface area contributed by atoms with Crippen LogP contribution in [0.4, 0.5) is 0 Å². The molecule has 0 unspecified atom stereocenters. The van der Waals surface area contributed by atoms with Crippen LogP contribution < -0.4 is 11.3 Å². The zero-order chi connectivity index (χ0) is 17.9. The van der Waals surface area contributed by atoms with Crippen molar-refractivity contribution in [1.82, 2.24) is 10.4 Å². The number of nitrogens with two attached hydrogens (primary N) is 1. The van der Waals surface area contributed by atoms with Crippen LogP contribution in [-0.4, -0.2) is 29.2 Å². The third-order valence-corrected chi connectivity index (χ3v) is 4.53. The standard InChI is InChI=1S/C16H28N4O4/c1-2-3-4-9-13(10-15(22)18-19-24)16(23)20(17)11-14(21)12-7-5-6-8-12/h12-13H,2-11,17H2,1H3,(H,18,22,24)/t13-/m0/s1. The highest BCUT2D eigenvalue weighted by Gasteiger charge is 2.29. The molecule has 8 heteroatoms. The van der Waals surface area contributed by atoms with Crippen LogP contribution in [0.2, 0.25) is 0 Å². The smallest absolute Gasteiger partial charge is 0.243 e. The van der Waals surface area contributed by atoms with Crippen molar-refractivity contribution in [3.05, 3.63) is 4.91 Å². The summed E-state index contributed by atoms with van der Waals surface area (Å²) in [5.74, 6) is 4.07. The first-order valence-corrected chi connectivity index (χ1v) is 8.69. The monoisotopic (exact) mass is 340 g/mol. The Hall–Kier alpha value is -1.83. The van der Waals surface area contributed by atoms with Gasteiger partial charge in [-0.15, -0.1) is 4.91 Å². The van der Waals surface area contributed by atoms with Gasteiger partial charge in [-0.05, 0) is 19.3 Å². The van der Waals surface area contributed by atoms with Gasteiger partial charge in [0.05, 0.1) is 11.8 Å². The van der Waals surface area contributed by atoms with Crippen LogP contribution in [0.3, 0.4) is 0 Å². The lowest BCUT2D eigenvalue weighted by Crippen LogP contribution is -2.46. The minimum absolute atomic E-state index is 0.00930. The molecule has 1 fully saturated rings. The molecule has 0 aromatic carbocycles. The second-order valence-electron chi connectivity index (χ2n) is 6.44. The number of carbonyl (C=O) groups excluding carboxylic acids is 3. The van der Waals surface area contributed by atoms with Gasteiger partial charge < -0.3 is 0 Å². The van der Waals surface area contributed by atoms with Crippen LogP contribution in [0.25, 0.3) is 0 Å². The summed E-state index contributed by atoms with van der Waals surface area (Å²) in [5, 5.41) is 3.26. The van der Waals surface area contributed by atoms with Gasteiger partial charge >= 0.3 is 0 Å². The topological polar surface area (TPSA) is 122 Å². The SMILES string of the molecule is CCCCC[C@@H](CC(=O)NN=O)C(=O)N(N)CC(=O)C1CCCC1. The highest BCUT2D eigenvalue weighted by molar-refractivity contribution is 5.90. The van der Waals surface area contributed by atoms with E-state index in [4.69, 9.17) is 5.84 Å². The number of amides is 2. The van der Waals surface area contributed by atoms with E-state index in [2.05, 4.69) is 5.29 Å². The van der Waals surface area contributed by atoms with Gasteiger partial charge in [0.1, 0.15) is 0 Å². The number of rotatable bonds is 11. The van der Waals surface area contributed by atoms with E-state index in [9.17, 15) is 19.3 Å². The molecule has 0 bridgehead atoms. The van der Waals surface area contributed by atoms with Crippen molar-refractivity contribution >= 4 is 17.6 Å². The fraction of sp³-hybridized carbons (Fsp3) is 0.812. The van der Waals surface area contributed by atoms with E-state index in [0.717, 1.165) is 50.0 Å². The summed E-state index contributed by atoms with van der Waals surface area (Å²) in [5.41, 5.74) is 1.80. The Bertz CT molecular complexity index is 449. The minimum Gasteiger partial charge on any atom is -0.297 e. The van der Waals surface area contributed by atoms with Gasteiger partial charge in [-0.3, -0.25) is 19.4 Å². The molecule has 1 saturated carbocycles. The van der Waals surface area contributed by atoms with Crippen LogP contribution in [0, 0.1) is 16.7 Å². The van der Waals surface area contributed by atoms with Crippen molar-refractivity contribution in [2.45, 2.75) is 64.7 Å². The van der Waals surface area contributed by atoms with Gasteiger partial charge in [-0.25, -0.2) is 11.3 Å². The third-order valence-electron chi connectivity index (χ3n) is 4.53. The Labute approximate surface area is 142 Å². The molecule has 0 aromatic rings. The number of unbranched alkanes of at least 4 members (excludes halogenated alkanes) is 2. The number of nitroso groups, excluding NO2 is 1. The molecule has 0 heterocycles. The quantitative estimate of drug-likeness (QED) is 0.195. The number of nitrogens with zero attached hydrogens (tertiary/aromatic N) is 2. The lowest BCUT2D eigenvalue weighted by Gasteiger charge is -2.23. The molecular formula is C16H28N4O4. The molecule has 2 amide bonds. The van der Waals surface area contributed by atoms with Gasteiger partial charge in [-0.2, -0.15) is 0 Å². The molecule has 136 valence electrons. The molecule has 1 aliphatic carbocycles. The van der Waals surface area contributed by atoms with Gasteiger partial charge in [0, 0.05) is 18.3 Å². The van der Waals surface area contributed by atoms with E-state index in [1.807, 2.05) is 6.92 Å². The fourth-order valence-corrected chi connectivity index (χ4v) is 3.13. The first-order valence-electron chi connectivity index (χ1n) is 8.69. The van der Waals surface area contributed by atoms with E-state index in [1.165, 1.54) is 0 Å². The van der Waals surface area contributed by atoms with Crippen LogP contribution in [0.5, 0.6) is 0 Å². The maximum absolute atomic E-state index is 12.5. The summed E-state index contributed by atoms with van der Waals surface area (Å²) in [4.78, 5) is 46.3. The number of nitrogens with one attached hydrogen (secondary N) is 1. The number of hydrazine groups is 1. The summed E-state index contributed by atoms with van der Waals surface area (Å²) < 4.78 is 0. The Morgan fingerprint density at radius 3 is 2.50 bits per heavy atom. The maximum atomic E-state index is 12.5. The first kappa shape index (κ1) is 20.2. The van der Waals surface area contributed by atoms with Crippen molar-refractivity contribution in [2.24, 2.45) is 23.0 Å². The van der Waals surface area contributed by atoms with E-state index in [-0.39, 0.29) is 24.7 Å². The van der Waals surface area contributed by atoms with Gasteiger partial charge in [0.15, 0.2) is 5.78 Å². The van der Waals surface area contributed by atoms with Crippen molar-refractivity contribution < 1.29 is 14.4 Å². The number of Topliss-reactive ketones (excluding diaryl/α,β-unsaturated/α-hetero) is 1. The summed E-state index contributed by atoms with van der Waals surface area (Å²) in [7, 11) is 0. The largest absolute Gasteiger partial charge is 0.297 e. The van der Waals surface area contributed by atoms with Crippen LogP contribution >= 0.6 is 0 Å². The summed E-state index contributed by atoms with van der Waals surface area (Å²) in [6, 6.07) is 0. The summed E-state index contributed by atoms with van der Waals surface area (Å²) >= 11 is 0. The van der Waals surface area contributed by atoms with Crippen molar-refractivity contribution in [3.63, 3.8) is 0 Å². The van der Waals surface area contributed by atoms with Crippen molar-refractivity contribution in [3.8, 4) is 0 Å². The fourth-order valence-electron chi connectivity index (χ4n) is 3.13. The lowest BCUT2D eigenvalue weighted by atomic mass is 9.95. The molecule has 0 aromatic heterocycles. The number of carbonyl (C=O) groups is 3. The van der Waals surface area contributed by atoms with E-state index in [0.29, 0.717) is 6.42 Å². The molecule has 1 atom stereocenters. The average Bonchev–Trinajstić information content (AvgIpc) is 3.08. The highest BCUT2D eigenvalue weighted by Crippen LogP contribution is 2.25. The normalized spacial score (nSPS) is 15.8. The second kappa shape index (κ2) is 10.9. The Kier molecular flexibility index (Phi) is 9.14. The average molecular weight is 340 g/mol. The molecule has 0 aliphatic heterocycles. The Balaban J connectivity index is 2.60.